The maximum atomic E-state index is 12.4. The maximum absolute atomic E-state index is 12.4. The van der Waals surface area contributed by atoms with Crippen LogP contribution in [0.4, 0.5) is 5.00 Å². The summed E-state index contributed by atoms with van der Waals surface area (Å²) in [6.07, 6.45) is 3.89. The Morgan fingerprint density at radius 1 is 1.03 bits per heavy atom. The highest BCUT2D eigenvalue weighted by Gasteiger charge is 2.29. The fourth-order valence-electron chi connectivity index (χ4n) is 3.81. The molecule has 0 fully saturated rings. The van der Waals surface area contributed by atoms with Gasteiger partial charge in [0.1, 0.15) is 11.6 Å². The Kier molecular flexibility index (Phi) is 7.96. The lowest BCUT2D eigenvalue weighted by Gasteiger charge is -2.11. The van der Waals surface area contributed by atoms with Gasteiger partial charge in [0.05, 0.1) is 26.0 Å². The molecule has 10 heteroatoms. The SMILES string of the molecule is COC(=O)c1c(NC(=O)C(=O)N/N=C/c2ccc(OCc3ccccc3)c(OC)c2)sc2c1CCC2. The van der Waals surface area contributed by atoms with Crippen LogP contribution in [0.3, 0.4) is 0 Å². The fourth-order valence-corrected chi connectivity index (χ4v) is 5.08. The van der Waals surface area contributed by atoms with Crippen molar-refractivity contribution in [2.45, 2.75) is 25.9 Å². The summed E-state index contributed by atoms with van der Waals surface area (Å²) in [6.45, 7) is 0.390. The number of hydrogen-bond donors (Lipinski definition) is 2. The summed E-state index contributed by atoms with van der Waals surface area (Å²) in [5, 5.41) is 6.68. The number of hydrazone groups is 1. The van der Waals surface area contributed by atoms with Gasteiger partial charge in [-0.1, -0.05) is 30.3 Å². The number of aryl methyl sites for hydroxylation is 1. The third-order valence-electron chi connectivity index (χ3n) is 5.55. The molecule has 9 nitrogen and oxygen atoms in total. The van der Waals surface area contributed by atoms with Crippen molar-refractivity contribution in [2.75, 3.05) is 19.5 Å². The molecule has 2 amide bonds. The molecule has 2 N–H and O–H groups in total. The average Bonchev–Trinajstić information content (AvgIpc) is 3.48. The number of amides is 2. The van der Waals surface area contributed by atoms with Crippen LogP contribution in [-0.4, -0.2) is 38.2 Å². The minimum Gasteiger partial charge on any atom is -0.493 e. The molecule has 0 saturated carbocycles. The van der Waals surface area contributed by atoms with Gasteiger partial charge in [-0.25, -0.2) is 10.2 Å². The van der Waals surface area contributed by atoms with E-state index in [2.05, 4.69) is 15.8 Å². The summed E-state index contributed by atoms with van der Waals surface area (Å²) in [6, 6.07) is 14.9. The van der Waals surface area contributed by atoms with E-state index in [4.69, 9.17) is 14.2 Å². The van der Waals surface area contributed by atoms with Crippen molar-refractivity contribution < 1.29 is 28.6 Å². The van der Waals surface area contributed by atoms with Gasteiger partial charge in [-0.15, -0.1) is 11.3 Å². The quantitative estimate of drug-likeness (QED) is 0.208. The number of rotatable bonds is 8. The van der Waals surface area contributed by atoms with Gasteiger partial charge < -0.3 is 19.5 Å². The average molecular weight is 508 g/mol. The normalized spacial score (nSPS) is 12.2. The number of fused-ring (bicyclic) bond motifs is 1. The molecular weight excluding hydrogens is 482 g/mol. The predicted octanol–water partition coefficient (Wildman–Crippen LogP) is 3.70. The van der Waals surface area contributed by atoms with Crippen LogP contribution in [0.2, 0.25) is 0 Å². The van der Waals surface area contributed by atoms with Crippen LogP contribution in [0.15, 0.2) is 53.6 Å². The zero-order valence-corrected chi connectivity index (χ0v) is 20.6. The minimum atomic E-state index is -0.967. The minimum absolute atomic E-state index is 0.312. The summed E-state index contributed by atoms with van der Waals surface area (Å²) in [4.78, 5) is 37.9. The summed E-state index contributed by atoms with van der Waals surface area (Å²) in [5.41, 5.74) is 5.05. The molecule has 0 spiro atoms. The molecule has 36 heavy (non-hydrogen) atoms. The van der Waals surface area contributed by atoms with Crippen LogP contribution < -0.4 is 20.2 Å². The van der Waals surface area contributed by atoms with E-state index in [0.717, 1.165) is 35.3 Å². The van der Waals surface area contributed by atoms with Gasteiger partial charge in [-0.05, 0) is 54.2 Å². The molecule has 0 saturated heterocycles. The molecule has 1 aliphatic carbocycles. The predicted molar refractivity (Wildman–Crippen MR) is 136 cm³/mol. The van der Waals surface area contributed by atoms with Gasteiger partial charge in [0.25, 0.3) is 0 Å². The second kappa shape index (κ2) is 11.5. The Labute approximate surface area is 212 Å². The molecule has 1 aromatic heterocycles. The summed E-state index contributed by atoms with van der Waals surface area (Å²) >= 11 is 1.29. The second-order valence-electron chi connectivity index (χ2n) is 7.89. The molecule has 2 aromatic carbocycles. The zero-order valence-electron chi connectivity index (χ0n) is 19.8. The largest absolute Gasteiger partial charge is 0.493 e. The van der Waals surface area contributed by atoms with Crippen LogP contribution in [0, 0.1) is 0 Å². The van der Waals surface area contributed by atoms with E-state index in [9.17, 15) is 14.4 Å². The Bertz CT molecular complexity index is 1300. The van der Waals surface area contributed by atoms with Crippen molar-refractivity contribution in [3.05, 3.63) is 75.7 Å². The lowest BCUT2D eigenvalue weighted by molar-refractivity contribution is -0.136. The highest BCUT2D eigenvalue weighted by atomic mass is 32.1. The first kappa shape index (κ1) is 24.9. The number of esters is 1. The number of thiophene rings is 1. The van der Waals surface area contributed by atoms with Gasteiger partial charge in [0.15, 0.2) is 11.5 Å². The van der Waals surface area contributed by atoms with Crippen LogP contribution in [0.25, 0.3) is 0 Å². The molecule has 4 rings (SSSR count). The summed E-state index contributed by atoms with van der Waals surface area (Å²) in [7, 11) is 2.81. The maximum Gasteiger partial charge on any atom is 0.341 e. The van der Waals surface area contributed by atoms with Crippen LogP contribution in [0.1, 0.15) is 38.3 Å². The number of nitrogens with one attached hydrogen (secondary N) is 2. The van der Waals surface area contributed by atoms with Crippen molar-refractivity contribution in [3.8, 4) is 11.5 Å². The van der Waals surface area contributed by atoms with E-state index in [0.29, 0.717) is 34.2 Å². The third kappa shape index (κ3) is 5.72. The third-order valence-corrected chi connectivity index (χ3v) is 6.76. The molecule has 0 bridgehead atoms. The Balaban J connectivity index is 1.36. The highest BCUT2D eigenvalue weighted by Crippen LogP contribution is 2.39. The number of anilines is 1. The molecule has 0 radical (unpaired) electrons. The first-order valence-corrected chi connectivity index (χ1v) is 12.0. The van der Waals surface area contributed by atoms with E-state index in [-0.39, 0.29) is 0 Å². The molecular formula is C26H25N3O6S. The number of carbonyl (C=O) groups excluding carboxylic acids is 3. The fraction of sp³-hybridized carbons (Fsp3) is 0.231. The Morgan fingerprint density at radius 3 is 2.58 bits per heavy atom. The topological polar surface area (TPSA) is 115 Å². The van der Waals surface area contributed by atoms with Gasteiger partial charge in [-0.3, -0.25) is 9.59 Å². The van der Waals surface area contributed by atoms with E-state index in [1.165, 1.54) is 31.8 Å². The van der Waals surface area contributed by atoms with E-state index in [1.807, 2.05) is 30.3 Å². The van der Waals surface area contributed by atoms with Crippen molar-refractivity contribution in [1.82, 2.24) is 5.43 Å². The molecule has 1 heterocycles. The van der Waals surface area contributed by atoms with Gasteiger partial charge in [-0.2, -0.15) is 5.10 Å². The first-order chi connectivity index (χ1) is 17.5. The number of ether oxygens (including phenoxy) is 3. The van der Waals surface area contributed by atoms with Crippen LogP contribution in [0.5, 0.6) is 11.5 Å². The molecule has 0 unspecified atom stereocenters. The van der Waals surface area contributed by atoms with Crippen LogP contribution in [-0.2, 0) is 33.8 Å². The van der Waals surface area contributed by atoms with E-state index in [1.54, 1.807) is 18.2 Å². The lowest BCUT2D eigenvalue weighted by atomic mass is 10.1. The zero-order chi connectivity index (χ0) is 25.5. The molecule has 1 aliphatic rings. The van der Waals surface area contributed by atoms with Crippen LogP contribution >= 0.6 is 11.3 Å². The number of carbonyl (C=O) groups is 3. The van der Waals surface area contributed by atoms with Crippen molar-refractivity contribution >= 4 is 40.3 Å². The summed E-state index contributed by atoms with van der Waals surface area (Å²) in [5.74, 6) is -1.37. The molecule has 0 aliphatic heterocycles. The first-order valence-electron chi connectivity index (χ1n) is 11.2. The highest BCUT2D eigenvalue weighted by molar-refractivity contribution is 7.17. The van der Waals surface area contributed by atoms with Gasteiger partial charge in [0, 0.05) is 4.88 Å². The lowest BCUT2D eigenvalue weighted by Crippen LogP contribution is -2.32. The summed E-state index contributed by atoms with van der Waals surface area (Å²) < 4.78 is 16.1. The van der Waals surface area contributed by atoms with E-state index < -0.39 is 17.8 Å². The van der Waals surface area contributed by atoms with Gasteiger partial charge in [0.2, 0.25) is 0 Å². The number of benzene rings is 2. The van der Waals surface area contributed by atoms with E-state index >= 15 is 0 Å². The van der Waals surface area contributed by atoms with Crippen molar-refractivity contribution in [2.24, 2.45) is 5.10 Å². The number of nitrogens with zero attached hydrogens (tertiary/aromatic N) is 1. The second-order valence-corrected chi connectivity index (χ2v) is 9.00. The Morgan fingerprint density at radius 2 is 1.83 bits per heavy atom. The number of hydrogen-bond acceptors (Lipinski definition) is 8. The standard InChI is InChI=1S/C26H25N3O6S/c1-33-20-13-17(11-12-19(20)35-15-16-7-4-3-5-8-16)14-27-29-24(31)23(30)28-25-22(26(32)34-2)18-9-6-10-21(18)36-25/h3-5,7-8,11-14H,6,9-10,15H2,1-2H3,(H,28,30)(H,29,31)/b27-14+. The van der Waals surface area contributed by atoms with Crippen molar-refractivity contribution in [3.63, 3.8) is 0 Å². The molecule has 3 aromatic rings. The van der Waals surface area contributed by atoms with Gasteiger partial charge >= 0.3 is 17.8 Å². The smallest absolute Gasteiger partial charge is 0.341 e. The molecule has 0 atom stereocenters. The monoisotopic (exact) mass is 507 g/mol. The van der Waals surface area contributed by atoms with Crippen molar-refractivity contribution in [1.29, 1.82) is 0 Å². The Hall–Kier alpha value is -4.18. The molecule has 186 valence electrons. The number of methoxy groups -OCH3 is 2.